The second-order valence-corrected chi connectivity index (χ2v) is 4.80. The Balaban J connectivity index is 2.01. The van der Waals surface area contributed by atoms with Crippen LogP contribution in [0.1, 0.15) is 17.0 Å². The van der Waals surface area contributed by atoms with Crippen molar-refractivity contribution in [2.24, 2.45) is 0 Å². The number of hydrogen-bond acceptors (Lipinski definition) is 3. The van der Waals surface area contributed by atoms with E-state index in [4.69, 9.17) is 5.73 Å². The Bertz CT molecular complexity index is 569. The number of aryl methyl sites for hydroxylation is 1. The summed E-state index contributed by atoms with van der Waals surface area (Å²) in [5.41, 5.74) is 8.57. The molecule has 100 valence electrons. The molecule has 0 atom stereocenters. The number of aromatic nitrogens is 1. The van der Waals surface area contributed by atoms with Gasteiger partial charge in [-0.25, -0.2) is 4.39 Å². The van der Waals surface area contributed by atoms with Crippen molar-refractivity contribution < 1.29 is 4.39 Å². The largest absolute Gasteiger partial charge is 0.396 e. The van der Waals surface area contributed by atoms with Gasteiger partial charge in [-0.2, -0.15) is 0 Å². The van der Waals surface area contributed by atoms with Crippen LogP contribution in [-0.4, -0.2) is 16.9 Å². The standard InChI is InChI=1S/C15H18FN3/c1-11-4-3-5-13(18-11)10-19(2)9-12-6-7-15(17)14(16)8-12/h3-8H,9-10,17H2,1-2H3. The predicted molar refractivity (Wildman–Crippen MR) is 75.0 cm³/mol. The highest BCUT2D eigenvalue weighted by Gasteiger charge is 2.05. The first-order valence-corrected chi connectivity index (χ1v) is 6.19. The zero-order valence-corrected chi connectivity index (χ0v) is 11.2. The monoisotopic (exact) mass is 259 g/mol. The van der Waals surface area contributed by atoms with E-state index in [1.54, 1.807) is 6.07 Å². The van der Waals surface area contributed by atoms with Crippen LogP contribution in [0.25, 0.3) is 0 Å². The quantitative estimate of drug-likeness (QED) is 0.858. The first kappa shape index (κ1) is 13.5. The van der Waals surface area contributed by atoms with Crippen LogP contribution >= 0.6 is 0 Å². The zero-order valence-electron chi connectivity index (χ0n) is 11.2. The van der Waals surface area contributed by atoms with E-state index in [0.29, 0.717) is 6.54 Å². The van der Waals surface area contributed by atoms with Crippen LogP contribution < -0.4 is 5.73 Å². The van der Waals surface area contributed by atoms with Crippen molar-refractivity contribution in [2.45, 2.75) is 20.0 Å². The molecule has 0 aliphatic carbocycles. The minimum absolute atomic E-state index is 0.187. The van der Waals surface area contributed by atoms with Gasteiger partial charge in [-0.05, 0) is 43.8 Å². The van der Waals surface area contributed by atoms with Gasteiger partial charge in [0.2, 0.25) is 0 Å². The number of pyridine rings is 1. The van der Waals surface area contributed by atoms with E-state index in [2.05, 4.69) is 9.88 Å². The van der Waals surface area contributed by atoms with Gasteiger partial charge in [0, 0.05) is 18.8 Å². The number of benzene rings is 1. The van der Waals surface area contributed by atoms with Crippen LogP contribution in [0.15, 0.2) is 36.4 Å². The van der Waals surface area contributed by atoms with Crippen molar-refractivity contribution in [3.05, 3.63) is 59.2 Å². The summed E-state index contributed by atoms with van der Waals surface area (Å²) in [4.78, 5) is 6.54. The molecule has 2 rings (SSSR count). The van der Waals surface area contributed by atoms with Crippen molar-refractivity contribution in [1.82, 2.24) is 9.88 Å². The maximum Gasteiger partial charge on any atom is 0.146 e. The van der Waals surface area contributed by atoms with Crippen LogP contribution in [0, 0.1) is 12.7 Å². The summed E-state index contributed by atoms with van der Waals surface area (Å²) >= 11 is 0. The van der Waals surface area contributed by atoms with E-state index < -0.39 is 0 Å². The fraction of sp³-hybridized carbons (Fsp3) is 0.267. The van der Waals surface area contributed by atoms with Gasteiger partial charge in [0.05, 0.1) is 11.4 Å². The molecule has 2 aromatic rings. The Hall–Kier alpha value is -1.94. The molecule has 2 N–H and O–H groups in total. The second-order valence-electron chi connectivity index (χ2n) is 4.80. The number of hydrogen-bond donors (Lipinski definition) is 1. The van der Waals surface area contributed by atoms with Gasteiger partial charge in [-0.1, -0.05) is 12.1 Å². The van der Waals surface area contributed by atoms with Crippen molar-refractivity contribution in [3.63, 3.8) is 0 Å². The minimum Gasteiger partial charge on any atom is -0.396 e. The van der Waals surface area contributed by atoms with Crippen LogP contribution in [0.4, 0.5) is 10.1 Å². The molecule has 1 heterocycles. The Kier molecular flexibility index (Phi) is 4.12. The first-order chi connectivity index (χ1) is 9.04. The van der Waals surface area contributed by atoms with E-state index in [0.717, 1.165) is 23.5 Å². The number of nitrogens with two attached hydrogens (primary N) is 1. The molecule has 0 radical (unpaired) electrons. The van der Waals surface area contributed by atoms with Crippen LogP contribution in [0.2, 0.25) is 0 Å². The molecular weight excluding hydrogens is 241 g/mol. The number of nitrogens with zero attached hydrogens (tertiary/aromatic N) is 2. The van der Waals surface area contributed by atoms with E-state index in [-0.39, 0.29) is 11.5 Å². The molecule has 0 saturated carbocycles. The Labute approximate surface area is 112 Å². The average Bonchev–Trinajstić information content (AvgIpc) is 2.34. The van der Waals surface area contributed by atoms with Gasteiger partial charge in [-0.3, -0.25) is 9.88 Å². The summed E-state index contributed by atoms with van der Waals surface area (Å²) in [6, 6.07) is 10.9. The van der Waals surface area contributed by atoms with Gasteiger partial charge < -0.3 is 5.73 Å². The maximum absolute atomic E-state index is 13.4. The zero-order chi connectivity index (χ0) is 13.8. The normalized spacial score (nSPS) is 10.9. The summed E-state index contributed by atoms with van der Waals surface area (Å²) < 4.78 is 13.4. The first-order valence-electron chi connectivity index (χ1n) is 6.19. The lowest BCUT2D eigenvalue weighted by molar-refractivity contribution is 0.314. The van der Waals surface area contributed by atoms with Crippen molar-refractivity contribution in [1.29, 1.82) is 0 Å². The number of rotatable bonds is 4. The highest BCUT2D eigenvalue weighted by molar-refractivity contribution is 5.41. The molecule has 1 aromatic heterocycles. The Morgan fingerprint density at radius 2 is 2.00 bits per heavy atom. The third kappa shape index (κ3) is 3.76. The van der Waals surface area contributed by atoms with Crippen LogP contribution in [-0.2, 0) is 13.1 Å². The molecule has 4 heteroatoms. The molecular formula is C15H18FN3. The second kappa shape index (κ2) is 5.80. The molecule has 0 aliphatic rings. The fourth-order valence-electron chi connectivity index (χ4n) is 2.00. The maximum atomic E-state index is 13.4. The summed E-state index contributed by atoms with van der Waals surface area (Å²) in [5.74, 6) is -0.361. The molecule has 3 nitrogen and oxygen atoms in total. The van der Waals surface area contributed by atoms with E-state index >= 15 is 0 Å². The predicted octanol–water partition coefficient (Wildman–Crippen LogP) is 2.74. The smallest absolute Gasteiger partial charge is 0.146 e. The number of halogens is 1. The highest BCUT2D eigenvalue weighted by atomic mass is 19.1. The summed E-state index contributed by atoms with van der Waals surface area (Å²) in [7, 11) is 1.98. The average molecular weight is 259 g/mol. The van der Waals surface area contributed by atoms with Crippen molar-refractivity contribution in [2.75, 3.05) is 12.8 Å². The summed E-state index contributed by atoms with van der Waals surface area (Å²) in [6.07, 6.45) is 0. The molecule has 0 spiro atoms. The lowest BCUT2D eigenvalue weighted by Crippen LogP contribution is -2.18. The Morgan fingerprint density at radius 1 is 1.21 bits per heavy atom. The molecule has 0 unspecified atom stereocenters. The van der Waals surface area contributed by atoms with E-state index in [1.165, 1.54) is 6.07 Å². The molecule has 0 amide bonds. The molecule has 0 saturated heterocycles. The third-order valence-corrected chi connectivity index (χ3v) is 2.90. The molecule has 1 aromatic carbocycles. The molecule has 0 fully saturated rings. The van der Waals surface area contributed by atoms with Crippen LogP contribution in [0.3, 0.4) is 0 Å². The van der Waals surface area contributed by atoms with E-state index in [1.807, 2.05) is 38.2 Å². The lowest BCUT2D eigenvalue weighted by atomic mass is 10.2. The van der Waals surface area contributed by atoms with Crippen LogP contribution in [0.5, 0.6) is 0 Å². The minimum atomic E-state index is -0.361. The van der Waals surface area contributed by atoms with Gasteiger partial charge >= 0.3 is 0 Å². The van der Waals surface area contributed by atoms with Crippen molar-refractivity contribution >= 4 is 5.69 Å². The molecule has 0 bridgehead atoms. The fourth-order valence-corrected chi connectivity index (χ4v) is 2.00. The SMILES string of the molecule is Cc1cccc(CN(C)Cc2ccc(N)c(F)c2)n1. The van der Waals surface area contributed by atoms with Crippen molar-refractivity contribution in [3.8, 4) is 0 Å². The molecule has 0 aliphatic heterocycles. The number of nitrogen functional groups attached to an aromatic ring is 1. The van der Waals surface area contributed by atoms with Gasteiger partial charge in [0.1, 0.15) is 5.82 Å². The van der Waals surface area contributed by atoms with Gasteiger partial charge in [0.25, 0.3) is 0 Å². The highest BCUT2D eigenvalue weighted by Crippen LogP contribution is 2.14. The van der Waals surface area contributed by atoms with Gasteiger partial charge in [0.15, 0.2) is 0 Å². The van der Waals surface area contributed by atoms with Gasteiger partial charge in [-0.15, -0.1) is 0 Å². The number of anilines is 1. The van der Waals surface area contributed by atoms with E-state index in [9.17, 15) is 4.39 Å². The molecule has 19 heavy (non-hydrogen) atoms. The third-order valence-electron chi connectivity index (χ3n) is 2.90. The summed E-state index contributed by atoms with van der Waals surface area (Å²) in [5, 5.41) is 0. The lowest BCUT2D eigenvalue weighted by Gasteiger charge is -2.16. The Morgan fingerprint density at radius 3 is 2.68 bits per heavy atom. The topological polar surface area (TPSA) is 42.1 Å². The summed E-state index contributed by atoms with van der Waals surface area (Å²) in [6.45, 7) is 3.36.